The van der Waals surface area contributed by atoms with Crippen LogP contribution in [-0.4, -0.2) is 28.6 Å². The van der Waals surface area contributed by atoms with Crippen molar-refractivity contribution < 1.29 is 9.90 Å². The standard InChI is InChI=1S/C13H21NO2S2/c1-4-17-6-5-9(2)14-8-11-7-12(13(15)16)18-10(11)3/h7,9,14H,4-6,8H2,1-3H3,(H,15,16). The Kier molecular flexibility index (Phi) is 6.75. The fraction of sp³-hybridized carbons (Fsp3) is 0.615. The summed E-state index contributed by atoms with van der Waals surface area (Å²) in [5, 5.41) is 12.4. The molecule has 0 saturated carbocycles. The molecular formula is C13H21NO2S2. The van der Waals surface area contributed by atoms with Crippen LogP contribution in [0.3, 0.4) is 0 Å². The summed E-state index contributed by atoms with van der Waals surface area (Å²) in [6, 6.07) is 2.25. The second-order valence-corrected chi connectivity index (χ2v) is 6.91. The Labute approximate surface area is 117 Å². The first-order chi connectivity index (χ1) is 8.54. The van der Waals surface area contributed by atoms with E-state index in [1.165, 1.54) is 22.8 Å². The van der Waals surface area contributed by atoms with Crippen LogP contribution in [0.1, 0.15) is 40.4 Å². The summed E-state index contributed by atoms with van der Waals surface area (Å²) in [5.74, 6) is 1.51. The maximum Gasteiger partial charge on any atom is 0.345 e. The minimum atomic E-state index is -0.832. The SMILES string of the molecule is CCSCCC(C)NCc1cc(C(=O)O)sc1C. The Morgan fingerprint density at radius 3 is 2.89 bits per heavy atom. The summed E-state index contributed by atoms with van der Waals surface area (Å²) < 4.78 is 0. The normalized spacial score (nSPS) is 12.6. The predicted molar refractivity (Wildman–Crippen MR) is 79.9 cm³/mol. The molecule has 0 spiro atoms. The van der Waals surface area contributed by atoms with Crippen LogP contribution in [-0.2, 0) is 6.54 Å². The highest BCUT2D eigenvalue weighted by Crippen LogP contribution is 2.21. The summed E-state index contributed by atoms with van der Waals surface area (Å²) >= 11 is 3.31. The number of hydrogen-bond acceptors (Lipinski definition) is 4. The number of thiophene rings is 1. The third-order valence-electron chi connectivity index (χ3n) is 2.77. The summed E-state index contributed by atoms with van der Waals surface area (Å²) in [4.78, 5) is 12.4. The van der Waals surface area contributed by atoms with E-state index >= 15 is 0 Å². The molecule has 0 aromatic carbocycles. The molecule has 0 amide bonds. The van der Waals surface area contributed by atoms with E-state index in [0.29, 0.717) is 10.9 Å². The van der Waals surface area contributed by atoms with Gasteiger partial charge in [-0.25, -0.2) is 4.79 Å². The molecule has 0 aliphatic rings. The zero-order valence-electron chi connectivity index (χ0n) is 11.2. The first-order valence-corrected chi connectivity index (χ1v) is 8.15. The van der Waals surface area contributed by atoms with E-state index in [1.54, 1.807) is 6.07 Å². The first-order valence-electron chi connectivity index (χ1n) is 6.18. The lowest BCUT2D eigenvalue weighted by atomic mass is 10.2. The second-order valence-electron chi connectivity index (χ2n) is 4.26. The molecule has 0 saturated heterocycles. The van der Waals surface area contributed by atoms with E-state index in [-0.39, 0.29) is 0 Å². The Morgan fingerprint density at radius 2 is 2.33 bits per heavy atom. The van der Waals surface area contributed by atoms with Crippen molar-refractivity contribution in [2.75, 3.05) is 11.5 Å². The second kappa shape index (κ2) is 7.81. The van der Waals surface area contributed by atoms with E-state index in [9.17, 15) is 4.79 Å². The lowest BCUT2D eigenvalue weighted by Gasteiger charge is -2.13. The maximum atomic E-state index is 10.9. The maximum absolute atomic E-state index is 10.9. The number of aryl methyl sites for hydroxylation is 1. The Balaban J connectivity index is 2.40. The van der Waals surface area contributed by atoms with E-state index in [2.05, 4.69) is 19.2 Å². The van der Waals surface area contributed by atoms with Crippen LogP contribution in [0.15, 0.2) is 6.07 Å². The summed E-state index contributed by atoms with van der Waals surface area (Å²) in [5.41, 5.74) is 1.10. The molecule has 5 heteroatoms. The first kappa shape index (κ1) is 15.5. The molecule has 1 aromatic heterocycles. The lowest BCUT2D eigenvalue weighted by molar-refractivity contribution is 0.0702. The lowest BCUT2D eigenvalue weighted by Crippen LogP contribution is -2.26. The van der Waals surface area contributed by atoms with Gasteiger partial charge >= 0.3 is 5.97 Å². The molecule has 2 N–H and O–H groups in total. The number of carboxylic acid groups (broad SMARTS) is 1. The van der Waals surface area contributed by atoms with Gasteiger partial charge in [-0.15, -0.1) is 11.3 Å². The number of rotatable bonds is 8. The van der Waals surface area contributed by atoms with Gasteiger partial charge in [0.15, 0.2) is 0 Å². The van der Waals surface area contributed by atoms with Crippen LogP contribution in [0.5, 0.6) is 0 Å². The van der Waals surface area contributed by atoms with Gasteiger partial charge in [-0.2, -0.15) is 11.8 Å². The van der Waals surface area contributed by atoms with Gasteiger partial charge in [0.05, 0.1) is 0 Å². The van der Waals surface area contributed by atoms with Crippen LogP contribution in [0, 0.1) is 6.92 Å². The van der Waals surface area contributed by atoms with Gasteiger partial charge in [0, 0.05) is 17.5 Å². The molecule has 0 aliphatic heterocycles. The molecule has 1 aromatic rings. The molecule has 3 nitrogen and oxygen atoms in total. The zero-order valence-corrected chi connectivity index (χ0v) is 12.8. The summed E-state index contributed by atoms with van der Waals surface area (Å²) in [6.45, 7) is 7.08. The van der Waals surface area contributed by atoms with E-state index in [1.807, 2.05) is 18.7 Å². The molecule has 0 bridgehead atoms. The van der Waals surface area contributed by atoms with Crippen molar-refractivity contribution in [1.82, 2.24) is 5.32 Å². The topological polar surface area (TPSA) is 49.3 Å². The van der Waals surface area contributed by atoms with Crippen molar-refractivity contribution >= 4 is 29.1 Å². The molecule has 1 heterocycles. The Morgan fingerprint density at radius 1 is 1.61 bits per heavy atom. The molecule has 1 unspecified atom stereocenters. The highest BCUT2D eigenvalue weighted by atomic mass is 32.2. The van der Waals surface area contributed by atoms with E-state index in [4.69, 9.17) is 5.11 Å². The van der Waals surface area contributed by atoms with Crippen LogP contribution in [0.25, 0.3) is 0 Å². The number of carboxylic acids is 1. The van der Waals surface area contributed by atoms with Crippen molar-refractivity contribution in [3.05, 3.63) is 21.4 Å². The van der Waals surface area contributed by atoms with Gasteiger partial charge in [0.25, 0.3) is 0 Å². The molecular weight excluding hydrogens is 266 g/mol. The third-order valence-corrected chi connectivity index (χ3v) is 4.79. The van der Waals surface area contributed by atoms with Crippen LogP contribution < -0.4 is 5.32 Å². The van der Waals surface area contributed by atoms with Crippen LogP contribution in [0.4, 0.5) is 0 Å². The van der Waals surface area contributed by atoms with Crippen molar-refractivity contribution in [2.45, 2.75) is 39.8 Å². The fourth-order valence-corrected chi connectivity index (χ4v) is 3.28. The fourth-order valence-electron chi connectivity index (χ4n) is 1.59. The molecule has 0 aliphatic carbocycles. The number of aromatic carboxylic acids is 1. The minimum Gasteiger partial charge on any atom is -0.477 e. The molecule has 1 rings (SSSR count). The summed E-state index contributed by atoms with van der Waals surface area (Å²) in [6.07, 6.45) is 1.15. The van der Waals surface area contributed by atoms with Crippen molar-refractivity contribution in [3.8, 4) is 0 Å². The predicted octanol–water partition coefficient (Wildman–Crippen LogP) is 3.38. The largest absolute Gasteiger partial charge is 0.477 e. The Bertz CT molecular complexity index is 390. The molecule has 0 fully saturated rings. The van der Waals surface area contributed by atoms with Crippen molar-refractivity contribution in [1.29, 1.82) is 0 Å². The Hall–Kier alpha value is -0.520. The summed E-state index contributed by atoms with van der Waals surface area (Å²) in [7, 11) is 0. The van der Waals surface area contributed by atoms with Gasteiger partial charge < -0.3 is 10.4 Å². The van der Waals surface area contributed by atoms with Crippen LogP contribution >= 0.6 is 23.1 Å². The average Bonchev–Trinajstić information content (AvgIpc) is 2.69. The quantitative estimate of drug-likeness (QED) is 0.720. The highest BCUT2D eigenvalue weighted by molar-refractivity contribution is 7.99. The number of nitrogens with one attached hydrogen (secondary N) is 1. The van der Waals surface area contributed by atoms with Gasteiger partial charge in [0.1, 0.15) is 4.88 Å². The average molecular weight is 287 g/mol. The number of carbonyl (C=O) groups is 1. The smallest absolute Gasteiger partial charge is 0.345 e. The zero-order chi connectivity index (χ0) is 13.5. The van der Waals surface area contributed by atoms with Gasteiger partial charge in [-0.3, -0.25) is 0 Å². The van der Waals surface area contributed by atoms with Crippen molar-refractivity contribution in [3.63, 3.8) is 0 Å². The minimum absolute atomic E-state index is 0.429. The van der Waals surface area contributed by atoms with E-state index < -0.39 is 5.97 Å². The van der Waals surface area contributed by atoms with Gasteiger partial charge in [-0.05, 0) is 43.4 Å². The van der Waals surface area contributed by atoms with Crippen molar-refractivity contribution in [2.24, 2.45) is 0 Å². The monoisotopic (exact) mass is 287 g/mol. The highest BCUT2D eigenvalue weighted by Gasteiger charge is 2.11. The molecule has 102 valence electrons. The van der Waals surface area contributed by atoms with Crippen LogP contribution in [0.2, 0.25) is 0 Å². The molecule has 0 radical (unpaired) electrons. The third kappa shape index (κ3) is 5.00. The number of thioether (sulfide) groups is 1. The van der Waals surface area contributed by atoms with Gasteiger partial charge in [0.2, 0.25) is 0 Å². The number of hydrogen-bond donors (Lipinski definition) is 2. The molecule has 1 atom stereocenters. The van der Waals surface area contributed by atoms with E-state index in [0.717, 1.165) is 23.4 Å². The molecule has 18 heavy (non-hydrogen) atoms. The van der Waals surface area contributed by atoms with Gasteiger partial charge in [-0.1, -0.05) is 6.92 Å².